The van der Waals surface area contributed by atoms with E-state index in [2.05, 4.69) is 10.1 Å². The van der Waals surface area contributed by atoms with Crippen LogP contribution in [0.2, 0.25) is 0 Å². The first-order valence-corrected chi connectivity index (χ1v) is 9.10. The number of carbonyl (C=O) groups is 2. The summed E-state index contributed by atoms with van der Waals surface area (Å²) in [6.07, 6.45) is 1.35. The van der Waals surface area contributed by atoms with Gasteiger partial charge in [0.15, 0.2) is 0 Å². The van der Waals surface area contributed by atoms with Crippen molar-refractivity contribution in [2.24, 2.45) is 5.92 Å². The molecule has 2 heterocycles. The van der Waals surface area contributed by atoms with Crippen LogP contribution in [-0.2, 0) is 4.79 Å². The van der Waals surface area contributed by atoms with E-state index in [1.54, 1.807) is 23.1 Å². The highest BCUT2D eigenvalue weighted by Gasteiger charge is 2.29. The van der Waals surface area contributed by atoms with E-state index in [4.69, 9.17) is 0 Å². The molecule has 1 aliphatic rings. The number of nitrogens with zero attached hydrogens (tertiary/aromatic N) is 1. The lowest BCUT2D eigenvalue weighted by Gasteiger charge is -2.31. The first-order valence-electron chi connectivity index (χ1n) is 8.22. The molecule has 1 aliphatic heterocycles. The monoisotopic (exact) mass is 380 g/mol. The summed E-state index contributed by atoms with van der Waals surface area (Å²) in [5.74, 6) is -0.872. The number of rotatable bonds is 5. The molecule has 2 aromatic rings. The van der Waals surface area contributed by atoms with Gasteiger partial charge in [0, 0.05) is 13.1 Å². The van der Waals surface area contributed by atoms with Crippen molar-refractivity contribution in [2.75, 3.05) is 18.4 Å². The number of ether oxygens (including phenoxy) is 1. The molecule has 26 heavy (non-hydrogen) atoms. The number of thiophene rings is 1. The van der Waals surface area contributed by atoms with E-state index in [0.29, 0.717) is 30.8 Å². The summed E-state index contributed by atoms with van der Waals surface area (Å²) in [5.41, 5.74) is 0.194. The minimum atomic E-state index is -2.97. The Hall–Kier alpha value is -2.48. The maximum atomic E-state index is 12.6. The smallest absolute Gasteiger partial charge is 0.387 e. The van der Waals surface area contributed by atoms with E-state index in [0.717, 1.165) is 0 Å². The SMILES string of the molecule is O=C(Nc1ccccc1OC(F)F)C1CCCN(C(=O)c2cccs2)C1. The lowest BCUT2D eigenvalue weighted by molar-refractivity contribution is -0.121. The number of halogens is 2. The predicted molar refractivity (Wildman–Crippen MR) is 94.7 cm³/mol. The number of anilines is 1. The van der Waals surface area contributed by atoms with Gasteiger partial charge in [0.2, 0.25) is 5.91 Å². The molecule has 2 amide bonds. The Morgan fingerprint density at radius 3 is 2.77 bits per heavy atom. The lowest BCUT2D eigenvalue weighted by Crippen LogP contribution is -2.43. The van der Waals surface area contributed by atoms with E-state index in [9.17, 15) is 18.4 Å². The van der Waals surface area contributed by atoms with Gasteiger partial charge in [-0.25, -0.2) is 0 Å². The molecule has 0 spiro atoms. The second-order valence-electron chi connectivity index (χ2n) is 5.93. The molecule has 0 saturated carbocycles. The fraction of sp³-hybridized carbons (Fsp3) is 0.333. The highest BCUT2D eigenvalue weighted by molar-refractivity contribution is 7.12. The van der Waals surface area contributed by atoms with Gasteiger partial charge in [-0.2, -0.15) is 8.78 Å². The van der Waals surface area contributed by atoms with E-state index in [-0.39, 0.29) is 23.3 Å². The number of carbonyl (C=O) groups excluding carboxylic acids is 2. The van der Waals surface area contributed by atoms with E-state index >= 15 is 0 Å². The van der Waals surface area contributed by atoms with Gasteiger partial charge in [-0.1, -0.05) is 18.2 Å². The van der Waals surface area contributed by atoms with Crippen LogP contribution in [0.1, 0.15) is 22.5 Å². The maximum absolute atomic E-state index is 12.6. The van der Waals surface area contributed by atoms with Gasteiger partial charge in [0.25, 0.3) is 5.91 Å². The maximum Gasteiger partial charge on any atom is 0.387 e. The summed E-state index contributed by atoms with van der Waals surface area (Å²) in [6, 6.07) is 9.62. The molecule has 138 valence electrons. The molecular formula is C18H18F2N2O3S. The molecule has 1 saturated heterocycles. The molecule has 5 nitrogen and oxygen atoms in total. The number of piperidine rings is 1. The van der Waals surface area contributed by atoms with Crippen molar-refractivity contribution < 1.29 is 23.1 Å². The highest BCUT2D eigenvalue weighted by Crippen LogP contribution is 2.27. The molecule has 1 unspecified atom stereocenters. The van der Waals surface area contributed by atoms with Gasteiger partial charge in [-0.3, -0.25) is 9.59 Å². The van der Waals surface area contributed by atoms with Crippen LogP contribution in [0.25, 0.3) is 0 Å². The van der Waals surface area contributed by atoms with Crippen LogP contribution in [0.4, 0.5) is 14.5 Å². The third kappa shape index (κ3) is 4.37. The Morgan fingerprint density at radius 1 is 1.23 bits per heavy atom. The number of likely N-dealkylation sites (tertiary alicyclic amines) is 1. The van der Waals surface area contributed by atoms with Crippen molar-refractivity contribution in [3.8, 4) is 5.75 Å². The fourth-order valence-corrected chi connectivity index (χ4v) is 3.63. The molecule has 0 radical (unpaired) electrons. The van der Waals surface area contributed by atoms with Crippen LogP contribution < -0.4 is 10.1 Å². The first kappa shape index (κ1) is 18.3. The Morgan fingerprint density at radius 2 is 2.04 bits per heavy atom. The van der Waals surface area contributed by atoms with Crippen LogP contribution in [0.5, 0.6) is 5.75 Å². The minimum Gasteiger partial charge on any atom is -0.433 e. The number of benzene rings is 1. The molecule has 1 aromatic heterocycles. The van der Waals surface area contributed by atoms with Crippen LogP contribution in [0.3, 0.4) is 0 Å². The van der Waals surface area contributed by atoms with Crippen molar-refractivity contribution in [3.05, 3.63) is 46.7 Å². The van der Waals surface area contributed by atoms with Crippen LogP contribution in [0.15, 0.2) is 41.8 Å². The Balaban J connectivity index is 1.66. The average molecular weight is 380 g/mol. The molecule has 1 atom stereocenters. The van der Waals surface area contributed by atoms with Gasteiger partial charge in [0.1, 0.15) is 5.75 Å². The fourth-order valence-electron chi connectivity index (χ4n) is 2.94. The number of amides is 2. The third-order valence-corrected chi connectivity index (χ3v) is 5.03. The largest absolute Gasteiger partial charge is 0.433 e. The zero-order valence-corrected chi connectivity index (χ0v) is 14.7. The summed E-state index contributed by atoms with van der Waals surface area (Å²) in [6.45, 7) is -2.06. The topological polar surface area (TPSA) is 58.6 Å². The standard InChI is InChI=1S/C18H18F2N2O3S/c19-18(20)25-14-7-2-1-6-13(14)21-16(23)12-5-3-9-22(11-12)17(24)15-8-4-10-26-15/h1-2,4,6-8,10,12,18H,3,5,9,11H2,(H,21,23). The predicted octanol–water partition coefficient (Wildman–Crippen LogP) is 3.84. The molecule has 3 rings (SSSR count). The third-order valence-electron chi connectivity index (χ3n) is 4.17. The van der Waals surface area contributed by atoms with Gasteiger partial charge < -0.3 is 15.0 Å². The van der Waals surface area contributed by atoms with Gasteiger partial charge >= 0.3 is 6.61 Å². The zero-order chi connectivity index (χ0) is 18.5. The number of para-hydroxylation sites is 2. The summed E-state index contributed by atoms with van der Waals surface area (Å²) >= 11 is 1.37. The van der Waals surface area contributed by atoms with Gasteiger partial charge in [-0.15, -0.1) is 11.3 Å². The summed E-state index contributed by atoms with van der Waals surface area (Å²) < 4.78 is 29.4. The van der Waals surface area contributed by atoms with E-state index < -0.39 is 12.5 Å². The van der Waals surface area contributed by atoms with Gasteiger partial charge in [0.05, 0.1) is 16.5 Å². The van der Waals surface area contributed by atoms with E-state index in [1.807, 2.05) is 11.4 Å². The lowest BCUT2D eigenvalue weighted by atomic mass is 9.96. The average Bonchev–Trinajstić information content (AvgIpc) is 3.17. The van der Waals surface area contributed by atoms with Crippen molar-refractivity contribution in [1.82, 2.24) is 4.90 Å². The second kappa shape index (κ2) is 8.27. The Labute approximate surface area is 153 Å². The van der Waals surface area contributed by atoms with Crippen LogP contribution in [0, 0.1) is 5.92 Å². The molecule has 1 N–H and O–H groups in total. The minimum absolute atomic E-state index is 0.0843. The Kier molecular flexibility index (Phi) is 5.82. The van der Waals surface area contributed by atoms with Crippen LogP contribution in [-0.4, -0.2) is 36.4 Å². The summed E-state index contributed by atoms with van der Waals surface area (Å²) in [5, 5.41) is 4.48. The first-order chi connectivity index (χ1) is 12.5. The number of hydrogen-bond donors (Lipinski definition) is 1. The van der Waals surface area contributed by atoms with Crippen molar-refractivity contribution >= 4 is 28.8 Å². The Bertz CT molecular complexity index is 768. The molecule has 1 aromatic carbocycles. The number of nitrogens with one attached hydrogen (secondary N) is 1. The molecule has 0 bridgehead atoms. The van der Waals surface area contributed by atoms with E-state index in [1.165, 1.54) is 23.5 Å². The second-order valence-corrected chi connectivity index (χ2v) is 6.88. The summed E-state index contributed by atoms with van der Waals surface area (Å²) in [7, 11) is 0. The van der Waals surface area contributed by atoms with Crippen molar-refractivity contribution in [1.29, 1.82) is 0 Å². The molecule has 8 heteroatoms. The number of alkyl halides is 2. The van der Waals surface area contributed by atoms with Crippen molar-refractivity contribution in [3.63, 3.8) is 0 Å². The molecular weight excluding hydrogens is 362 g/mol. The van der Waals surface area contributed by atoms with Gasteiger partial charge in [-0.05, 0) is 36.4 Å². The highest BCUT2D eigenvalue weighted by atomic mass is 32.1. The molecule has 1 fully saturated rings. The summed E-state index contributed by atoms with van der Waals surface area (Å²) in [4.78, 5) is 27.3. The van der Waals surface area contributed by atoms with Crippen LogP contribution >= 0.6 is 11.3 Å². The zero-order valence-electron chi connectivity index (χ0n) is 13.9. The number of hydrogen-bond acceptors (Lipinski definition) is 4. The normalized spacial score (nSPS) is 17.2. The van der Waals surface area contributed by atoms with Crippen molar-refractivity contribution in [2.45, 2.75) is 19.5 Å². The quantitative estimate of drug-likeness (QED) is 0.857. The molecule has 0 aliphatic carbocycles.